The molecule has 1 aliphatic heterocycles. The summed E-state index contributed by atoms with van der Waals surface area (Å²) in [4.78, 5) is 14.6. The third-order valence-electron chi connectivity index (χ3n) is 3.69. The zero-order chi connectivity index (χ0) is 14.1. The monoisotopic (exact) mass is 306 g/mol. The Bertz CT molecular complexity index is 627. The number of benzene rings is 1. The van der Waals surface area contributed by atoms with Gasteiger partial charge in [0.2, 0.25) is 0 Å². The fourth-order valence-corrected chi connectivity index (χ4v) is 3.57. The van der Waals surface area contributed by atoms with Gasteiger partial charge in [-0.25, -0.2) is 0 Å². The summed E-state index contributed by atoms with van der Waals surface area (Å²) >= 11 is 7.64. The van der Waals surface area contributed by atoms with Gasteiger partial charge in [0, 0.05) is 17.3 Å². The first kappa shape index (κ1) is 13.5. The highest BCUT2D eigenvalue weighted by molar-refractivity contribution is 7.08. The maximum Gasteiger partial charge on any atom is 0.256 e. The summed E-state index contributed by atoms with van der Waals surface area (Å²) in [6.07, 6.45) is 2.02. The van der Waals surface area contributed by atoms with Crippen LogP contribution in [-0.2, 0) is 0 Å². The van der Waals surface area contributed by atoms with Gasteiger partial charge in [-0.3, -0.25) is 4.79 Å². The lowest BCUT2D eigenvalue weighted by Gasteiger charge is -2.25. The van der Waals surface area contributed by atoms with E-state index in [1.165, 1.54) is 5.56 Å². The average Bonchev–Trinajstić information content (AvgIpc) is 3.10. The SMILES string of the molecule is Nc1ccc(Cl)cc1C(=O)N1CCCC1c1ccsc1. The number of anilines is 1. The molecule has 1 fully saturated rings. The summed E-state index contributed by atoms with van der Waals surface area (Å²) < 4.78 is 0. The highest BCUT2D eigenvalue weighted by Crippen LogP contribution is 2.35. The predicted octanol–water partition coefficient (Wildman–Crippen LogP) is 3.96. The smallest absolute Gasteiger partial charge is 0.256 e. The van der Waals surface area contributed by atoms with Gasteiger partial charge in [-0.2, -0.15) is 11.3 Å². The zero-order valence-corrected chi connectivity index (χ0v) is 12.5. The van der Waals surface area contributed by atoms with E-state index in [2.05, 4.69) is 11.4 Å². The molecule has 2 aromatic rings. The third-order valence-corrected chi connectivity index (χ3v) is 4.62. The van der Waals surface area contributed by atoms with Gasteiger partial charge in [0.15, 0.2) is 0 Å². The lowest BCUT2D eigenvalue weighted by molar-refractivity contribution is 0.0737. The van der Waals surface area contributed by atoms with E-state index in [9.17, 15) is 4.79 Å². The molecule has 3 nitrogen and oxygen atoms in total. The highest BCUT2D eigenvalue weighted by atomic mass is 35.5. The number of nitrogens with two attached hydrogens (primary N) is 1. The summed E-state index contributed by atoms with van der Waals surface area (Å²) in [5.74, 6) is -0.0290. The minimum atomic E-state index is -0.0290. The molecular weight excluding hydrogens is 292 g/mol. The van der Waals surface area contributed by atoms with Gasteiger partial charge in [0.05, 0.1) is 11.6 Å². The number of nitrogens with zero attached hydrogens (tertiary/aromatic N) is 1. The molecule has 104 valence electrons. The normalized spacial score (nSPS) is 18.4. The Hall–Kier alpha value is -1.52. The molecule has 1 aromatic heterocycles. The molecule has 1 aliphatic rings. The summed E-state index contributed by atoms with van der Waals surface area (Å²) in [6.45, 7) is 0.769. The third kappa shape index (κ3) is 2.41. The van der Waals surface area contributed by atoms with Crippen molar-refractivity contribution < 1.29 is 4.79 Å². The minimum absolute atomic E-state index is 0.0290. The summed E-state index contributed by atoms with van der Waals surface area (Å²) in [5, 5.41) is 4.69. The van der Waals surface area contributed by atoms with Crippen molar-refractivity contribution >= 4 is 34.5 Å². The standard InChI is InChI=1S/C15H15ClN2OS/c16-11-3-4-13(17)12(8-11)15(19)18-6-1-2-14(18)10-5-7-20-9-10/h3-5,7-9,14H,1-2,6,17H2. The van der Waals surface area contributed by atoms with Crippen LogP contribution in [0.2, 0.25) is 5.02 Å². The number of halogens is 1. The van der Waals surface area contributed by atoms with E-state index in [-0.39, 0.29) is 11.9 Å². The molecule has 1 saturated heterocycles. The Morgan fingerprint density at radius 3 is 3.00 bits per heavy atom. The van der Waals surface area contributed by atoms with Gasteiger partial charge in [0.1, 0.15) is 0 Å². The van der Waals surface area contributed by atoms with Gasteiger partial charge >= 0.3 is 0 Å². The van der Waals surface area contributed by atoms with E-state index in [1.807, 2.05) is 10.3 Å². The van der Waals surface area contributed by atoms with Crippen molar-refractivity contribution in [3.63, 3.8) is 0 Å². The molecule has 3 rings (SSSR count). The largest absolute Gasteiger partial charge is 0.398 e. The van der Waals surface area contributed by atoms with Gasteiger partial charge in [-0.05, 0) is 53.4 Å². The second kappa shape index (κ2) is 5.46. The van der Waals surface area contributed by atoms with E-state index in [0.717, 1.165) is 19.4 Å². The lowest BCUT2D eigenvalue weighted by Crippen LogP contribution is -2.30. The van der Waals surface area contributed by atoms with Crippen molar-refractivity contribution in [1.29, 1.82) is 0 Å². The highest BCUT2D eigenvalue weighted by Gasteiger charge is 2.31. The van der Waals surface area contributed by atoms with Crippen LogP contribution in [0.15, 0.2) is 35.0 Å². The van der Waals surface area contributed by atoms with Crippen LogP contribution in [0.25, 0.3) is 0 Å². The number of carbonyl (C=O) groups excluding carboxylic acids is 1. The average molecular weight is 307 g/mol. The number of likely N-dealkylation sites (tertiary alicyclic amines) is 1. The van der Waals surface area contributed by atoms with Gasteiger partial charge < -0.3 is 10.6 Å². The van der Waals surface area contributed by atoms with Gasteiger partial charge in [-0.1, -0.05) is 11.6 Å². The number of carbonyl (C=O) groups is 1. The second-order valence-corrected chi connectivity index (χ2v) is 6.16. The molecule has 0 spiro atoms. The predicted molar refractivity (Wildman–Crippen MR) is 83.2 cm³/mol. The number of amides is 1. The van der Waals surface area contributed by atoms with Crippen molar-refractivity contribution in [3.05, 3.63) is 51.2 Å². The molecule has 1 amide bonds. The Morgan fingerprint density at radius 2 is 2.25 bits per heavy atom. The van der Waals surface area contributed by atoms with Crippen molar-refractivity contribution in [2.45, 2.75) is 18.9 Å². The molecule has 2 heterocycles. The molecule has 20 heavy (non-hydrogen) atoms. The van der Waals surface area contributed by atoms with Crippen molar-refractivity contribution in [1.82, 2.24) is 4.90 Å². The van der Waals surface area contributed by atoms with Crippen LogP contribution in [0.5, 0.6) is 0 Å². The molecule has 1 aromatic carbocycles. The molecule has 0 radical (unpaired) electrons. The van der Waals surface area contributed by atoms with Gasteiger partial charge in [0.25, 0.3) is 5.91 Å². The first-order valence-electron chi connectivity index (χ1n) is 6.55. The molecule has 1 atom stereocenters. The van der Waals surface area contributed by atoms with Crippen molar-refractivity contribution in [2.24, 2.45) is 0 Å². The first-order valence-corrected chi connectivity index (χ1v) is 7.87. The summed E-state index contributed by atoms with van der Waals surface area (Å²) in [6, 6.07) is 7.29. The molecule has 5 heteroatoms. The van der Waals surface area contributed by atoms with E-state index < -0.39 is 0 Å². The van der Waals surface area contributed by atoms with Crippen LogP contribution in [0.4, 0.5) is 5.69 Å². The number of hydrogen-bond donors (Lipinski definition) is 1. The number of rotatable bonds is 2. The van der Waals surface area contributed by atoms with E-state index in [4.69, 9.17) is 17.3 Å². The number of thiophene rings is 1. The van der Waals surface area contributed by atoms with Crippen molar-refractivity contribution in [2.75, 3.05) is 12.3 Å². The molecule has 0 aliphatic carbocycles. The van der Waals surface area contributed by atoms with Crippen LogP contribution in [0, 0.1) is 0 Å². The van der Waals surface area contributed by atoms with E-state index in [1.54, 1.807) is 29.5 Å². The maximum atomic E-state index is 12.7. The van der Waals surface area contributed by atoms with Crippen LogP contribution in [0.1, 0.15) is 34.8 Å². The van der Waals surface area contributed by atoms with Crippen LogP contribution in [-0.4, -0.2) is 17.4 Å². The Morgan fingerprint density at radius 1 is 1.40 bits per heavy atom. The molecule has 2 N–H and O–H groups in total. The number of hydrogen-bond acceptors (Lipinski definition) is 3. The molecular formula is C15H15ClN2OS. The quantitative estimate of drug-likeness (QED) is 0.854. The topological polar surface area (TPSA) is 46.3 Å². The number of nitrogen functional groups attached to an aromatic ring is 1. The molecule has 1 unspecified atom stereocenters. The maximum absolute atomic E-state index is 12.7. The fourth-order valence-electron chi connectivity index (χ4n) is 2.69. The molecule has 0 saturated carbocycles. The summed E-state index contributed by atoms with van der Waals surface area (Å²) in [7, 11) is 0. The van der Waals surface area contributed by atoms with Crippen LogP contribution in [0.3, 0.4) is 0 Å². The van der Waals surface area contributed by atoms with Crippen LogP contribution >= 0.6 is 22.9 Å². The molecule has 0 bridgehead atoms. The Balaban J connectivity index is 1.91. The fraction of sp³-hybridized carbons (Fsp3) is 0.267. The van der Waals surface area contributed by atoms with E-state index in [0.29, 0.717) is 16.3 Å². The summed E-state index contributed by atoms with van der Waals surface area (Å²) in [5.41, 5.74) is 8.11. The van der Waals surface area contributed by atoms with Crippen LogP contribution < -0.4 is 5.73 Å². The lowest BCUT2D eigenvalue weighted by atomic mass is 10.1. The Kier molecular flexibility index (Phi) is 3.68. The minimum Gasteiger partial charge on any atom is -0.398 e. The Labute approximate surface area is 127 Å². The first-order chi connectivity index (χ1) is 9.66. The van der Waals surface area contributed by atoms with Crippen molar-refractivity contribution in [3.8, 4) is 0 Å². The van der Waals surface area contributed by atoms with E-state index >= 15 is 0 Å². The second-order valence-electron chi connectivity index (χ2n) is 4.94. The zero-order valence-electron chi connectivity index (χ0n) is 10.9. The van der Waals surface area contributed by atoms with Gasteiger partial charge in [-0.15, -0.1) is 0 Å².